The second kappa shape index (κ2) is 12.9. The van der Waals surface area contributed by atoms with Crippen molar-refractivity contribution in [2.45, 2.75) is 44.7 Å². The summed E-state index contributed by atoms with van der Waals surface area (Å²) in [5.74, 6) is -34.7. The maximum Gasteiger partial charge on any atom is 0.471 e. The Hall–Kier alpha value is -4.52. The van der Waals surface area contributed by atoms with E-state index in [0.717, 1.165) is 25.1 Å². The van der Waals surface area contributed by atoms with E-state index in [-0.39, 0.29) is 0 Å². The van der Waals surface area contributed by atoms with Gasteiger partial charge >= 0.3 is 24.2 Å². The van der Waals surface area contributed by atoms with Crippen LogP contribution in [0.5, 0.6) is 0 Å². The van der Waals surface area contributed by atoms with E-state index in [1.807, 2.05) is 0 Å². The van der Waals surface area contributed by atoms with Crippen molar-refractivity contribution in [2.75, 3.05) is 9.80 Å². The Labute approximate surface area is 251 Å². The van der Waals surface area contributed by atoms with Gasteiger partial charge in [0, 0.05) is 0 Å². The Morgan fingerprint density at radius 2 is 0.894 bits per heavy atom. The van der Waals surface area contributed by atoms with Crippen LogP contribution in [-0.2, 0) is 9.59 Å². The number of benzene rings is 3. The summed E-state index contributed by atoms with van der Waals surface area (Å²) in [5.41, 5.74) is -6.34. The summed E-state index contributed by atoms with van der Waals surface area (Å²) in [5, 5.41) is 0. The smallest absolute Gasteiger partial charge is 0.292 e. The molecular weight excluding hydrogens is 688 g/mol. The van der Waals surface area contributed by atoms with Gasteiger partial charge in [-0.2, -0.15) is 26.3 Å². The van der Waals surface area contributed by atoms with Crippen LogP contribution in [0.2, 0.25) is 0 Å². The molecule has 0 radical (unpaired) electrons. The van der Waals surface area contributed by atoms with Gasteiger partial charge in [0.05, 0.1) is 12.1 Å². The minimum atomic E-state index is -6.06. The van der Waals surface area contributed by atoms with Crippen LogP contribution in [0.15, 0.2) is 24.3 Å². The summed E-state index contributed by atoms with van der Waals surface area (Å²) in [6, 6.07) is -2.10. The van der Waals surface area contributed by atoms with E-state index in [1.165, 1.54) is 0 Å². The van der Waals surface area contributed by atoms with E-state index in [2.05, 4.69) is 0 Å². The van der Waals surface area contributed by atoms with Gasteiger partial charge in [-0.1, -0.05) is 31.2 Å². The van der Waals surface area contributed by atoms with Crippen molar-refractivity contribution in [3.05, 3.63) is 93.6 Å². The van der Waals surface area contributed by atoms with Gasteiger partial charge in [-0.15, -0.1) is 0 Å². The van der Waals surface area contributed by atoms with Crippen molar-refractivity contribution in [2.24, 2.45) is 0 Å². The standard InChI is InChI=1S/C27H14F16N2O2/c1-3-11(45(25(47)27(41,42)43)23-20(36)16(32)13(29)17(33)21(23)37)10-6-4-5-9(7-10)8(2)44(24(46)26(38,39)40)22-18(34)14(30)12(28)15(31)19(22)35/h4-8,11H,3H2,1-2H3. The first kappa shape index (κ1) is 36.9. The highest BCUT2D eigenvalue weighted by Gasteiger charge is 2.49. The van der Waals surface area contributed by atoms with Gasteiger partial charge in [0.1, 0.15) is 11.4 Å². The highest BCUT2D eigenvalue weighted by atomic mass is 19.4. The largest absolute Gasteiger partial charge is 0.471 e. The second-order valence-electron chi connectivity index (χ2n) is 9.45. The van der Waals surface area contributed by atoms with E-state index in [1.54, 1.807) is 0 Å². The SMILES string of the molecule is CCC(c1cccc(C(C)N(C(=O)C(F)(F)F)c2c(F)c(F)c(F)c(F)c2F)c1)N(C(=O)C(F)(F)F)c1c(F)c(F)c(F)c(F)c1F. The van der Waals surface area contributed by atoms with E-state index in [9.17, 15) is 79.8 Å². The lowest BCUT2D eigenvalue weighted by Gasteiger charge is -2.34. The summed E-state index contributed by atoms with van der Waals surface area (Å²) >= 11 is 0. The number of halogens is 16. The van der Waals surface area contributed by atoms with Crippen molar-refractivity contribution < 1.29 is 79.8 Å². The minimum Gasteiger partial charge on any atom is -0.292 e. The molecule has 0 aliphatic heterocycles. The van der Waals surface area contributed by atoms with Gasteiger partial charge in [0.25, 0.3) is 0 Å². The molecule has 0 fully saturated rings. The molecule has 0 aromatic heterocycles. The number of hydrogen-bond acceptors (Lipinski definition) is 2. The molecule has 0 saturated carbocycles. The third-order valence-electron chi connectivity index (χ3n) is 6.64. The van der Waals surface area contributed by atoms with E-state index >= 15 is 0 Å². The Kier molecular flexibility index (Phi) is 10.2. The maximum atomic E-state index is 14.7. The Bertz CT molecular complexity index is 1680. The topological polar surface area (TPSA) is 40.6 Å². The molecule has 4 nitrogen and oxygen atoms in total. The lowest BCUT2D eigenvalue weighted by Crippen LogP contribution is -2.45. The molecule has 2 unspecified atom stereocenters. The van der Waals surface area contributed by atoms with Crippen molar-refractivity contribution in [3.63, 3.8) is 0 Å². The lowest BCUT2D eigenvalue weighted by molar-refractivity contribution is -0.171. The van der Waals surface area contributed by atoms with Gasteiger partial charge in [0.2, 0.25) is 11.6 Å². The molecule has 2 amide bonds. The normalized spacial score (nSPS) is 13.4. The van der Waals surface area contributed by atoms with Crippen molar-refractivity contribution >= 4 is 23.2 Å². The van der Waals surface area contributed by atoms with Gasteiger partial charge < -0.3 is 0 Å². The van der Waals surface area contributed by atoms with Crippen LogP contribution in [0.25, 0.3) is 0 Å². The zero-order valence-corrected chi connectivity index (χ0v) is 22.9. The zero-order valence-electron chi connectivity index (χ0n) is 22.9. The fourth-order valence-electron chi connectivity index (χ4n) is 4.50. The average Bonchev–Trinajstić information content (AvgIpc) is 3.00. The summed E-state index contributed by atoms with van der Waals surface area (Å²) < 4.78 is 223. The molecule has 0 heterocycles. The first-order chi connectivity index (χ1) is 21.5. The van der Waals surface area contributed by atoms with E-state index in [4.69, 9.17) is 0 Å². The molecule has 20 heteroatoms. The number of amides is 2. The third kappa shape index (κ3) is 6.53. The van der Waals surface area contributed by atoms with Crippen molar-refractivity contribution in [1.29, 1.82) is 0 Å². The molecule has 0 bridgehead atoms. The van der Waals surface area contributed by atoms with Crippen molar-refractivity contribution in [1.82, 2.24) is 0 Å². The summed E-state index contributed by atoms with van der Waals surface area (Å²) in [7, 11) is 0. The van der Waals surface area contributed by atoms with Crippen molar-refractivity contribution in [3.8, 4) is 0 Å². The molecule has 3 rings (SSSR count). The fraction of sp³-hybridized carbons (Fsp3) is 0.259. The monoisotopic (exact) mass is 702 g/mol. The summed E-state index contributed by atoms with van der Waals surface area (Å²) in [6.07, 6.45) is -13.0. The highest BCUT2D eigenvalue weighted by molar-refractivity contribution is 5.99. The lowest BCUT2D eigenvalue weighted by atomic mass is 9.96. The van der Waals surface area contributed by atoms with E-state index < -0.39 is 133 Å². The van der Waals surface area contributed by atoms with Crippen LogP contribution in [0.1, 0.15) is 43.5 Å². The van der Waals surface area contributed by atoms with Crippen LogP contribution in [0.4, 0.5) is 81.6 Å². The molecule has 2 atom stereocenters. The average molecular weight is 702 g/mol. The number of carbonyl (C=O) groups is 2. The van der Waals surface area contributed by atoms with Gasteiger partial charge in [-0.3, -0.25) is 19.4 Å². The molecule has 0 N–H and O–H groups in total. The highest BCUT2D eigenvalue weighted by Crippen LogP contribution is 2.42. The third-order valence-corrected chi connectivity index (χ3v) is 6.64. The Balaban J connectivity index is 2.33. The van der Waals surface area contributed by atoms with E-state index in [0.29, 0.717) is 13.0 Å². The Morgan fingerprint density at radius 1 is 0.574 bits per heavy atom. The number of carbonyl (C=O) groups excluding carboxylic acids is 2. The van der Waals surface area contributed by atoms with Gasteiger partial charge in [-0.25, -0.2) is 43.9 Å². The Morgan fingerprint density at radius 3 is 1.26 bits per heavy atom. The first-order valence-electron chi connectivity index (χ1n) is 12.4. The molecule has 0 aliphatic rings. The second-order valence-corrected chi connectivity index (χ2v) is 9.45. The van der Waals surface area contributed by atoms with Gasteiger partial charge in [0.15, 0.2) is 46.5 Å². The van der Waals surface area contributed by atoms with Crippen LogP contribution >= 0.6 is 0 Å². The molecular formula is C27H14F16N2O2. The summed E-state index contributed by atoms with van der Waals surface area (Å²) in [4.78, 5) is 22.9. The van der Waals surface area contributed by atoms with Crippen LogP contribution < -0.4 is 9.80 Å². The molecule has 0 aliphatic carbocycles. The van der Waals surface area contributed by atoms with Gasteiger partial charge in [-0.05, 0) is 24.5 Å². The molecule has 3 aromatic carbocycles. The molecule has 47 heavy (non-hydrogen) atoms. The molecule has 3 aromatic rings. The number of alkyl halides is 6. The molecule has 256 valence electrons. The fourth-order valence-corrected chi connectivity index (χ4v) is 4.50. The predicted molar refractivity (Wildman–Crippen MR) is 127 cm³/mol. The minimum absolute atomic E-state index is 0.490. The summed E-state index contributed by atoms with van der Waals surface area (Å²) in [6.45, 7) is 1.46. The van der Waals surface area contributed by atoms with Crippen LogP contribution in [0.3, 0.4) is 0 Å². The zero-order chi connectivity index (χ0) is 36.1. The quantitative estimate of drug-likeness (QED) is 0.140. The molecule has 0 saturated heterocycles. The number of rotatable bonds is 7. The number of nitrogens with zero attached hydrogens (tertiary/aromatic N) is 2. The number of hydrogen-bond donors (Lipinski definition) is 0. The molecule has 0 spiro atoms. The number of anilines is 2. The van der Waals surface area contributed by atoms with Crippen LogP contribution in [0, 0.1) is 58.2 Å². The maximum absolute atomic E-state index is 14.7. The predicted octanol–water partition coefficient (Wildman–Crippen LogP) is 8.78. The van der Waals surface area contributed by atoms with Crippen LogP contribution in [-0.4, -0.2) is 24.2 Å². The first-order valence-corrected chi connectivity index (χ1v) is 12.4.